The summed E-state index contributed by atoms with van der Waals surface area (Å²) < 4.78 is 38.4. The van der Waals surface area contributed by atoms with Crippen LogP contribution in [0.25, 0.3) is 11.3 Å². The Morgan fingerprint density at radius 1 is 0.667 bits per heavy atom. The number of carbonyl (C=O) groups is 2. The van der Waals surface area contributed by atoms with E-state index in [1.54, 1.807) is 64.2 Å². The molecule has 2 saturated carbocycles. The number of halogens is 4. The minimum Gasteiger partial charge on any atom is -0.478 e. The zero-order valence-electron chi connectivity index (χ0n) is 47.5. The molecule has 0 atom stereocenters. The van der Waals surface area contributed by atoms with Gasteiger partial charge in [0, 0.05) is 81.5 Å². The molecule has 12 rings (SSSR count). The van der Waals surface area contributed by atoms with E-state index in [0.29, 0.717) is 33.9 Å². The van der Waals surface area contributed by atoms with E-state index in [4.69, 9.17) is 67.9 Å². The van der Waals surface area contributed by atoms with Gasteiger partial charge in [0.1, 0.15) is 0 Å². The van der Waals surface area contributed by atoms with Gasteiger partial charge in [-0.25, -0.2) is 23.8 Å². The number of carboxylic acids is 1. The number of benzene rings is 2. The van der Waals surface area contributed by atoms with Crippen molar-refractivity contribution in [1.29, 1.82) is 0 Å². The number of carbonyl (C=O) groups excluding carboxylic acids is 1. The van der Waals surface area contributed by atoms with Crippen molar-refractivity contribution in [2.75, 3.05) is 44.8 Å². The molecule has 4 aliphatic heterocycles. The lowest BCUT2D eigenvalue weighted by Crippen LogP contribution is -2.41. The Hall–Kier alpha value is -4.42. The van der Waals surface area contributed by atoms with Crippen LogP contribution in [0.15, 0.2) is 89.9 Å². The van der Waals surface area contributed by atoms with Crippen LogP contribution >= 0.6 is 51.5 Å². The standard InChI is InChI=1S/C16H22BNO3.C13H17BO4.C12H15ClN4O.C6H3BrClN3.C6H13NO.C3H7N.ClH/c1-15(2)16(3,4)21-17(20-15)12-7-5-11(6-8-12)14(19)18-13-9-10-13;1-12(2)13(3,4)18-14(17-12)10-7-5-9(6-8-10)11(15)16;13-11-7-10(12-14-3-4-17(12)16-11)15-8-9-1-5-18-6-2-9;7-4-3-5(8)10-11-2-1-9-6(4)11;7-5-6-1-3-8-4-2-6;4-3-1-2-3;/h5-8,13H,9-10H2,1-4H3,(H,18,19);5-8H,1-4H3,(H,15,16);3-4,7,9,15H,1-2,5-6,8H2;1-3H;6H,1-5,7H2;3H,1-2,4H2;1H. The van der Waals surface area contributed by atoms with Gasteiger partial charge in [-0.3, -0.25) is 4.79 Å². The van der Waals surface area contributed by atoms with E-state index >= 15 is 0 Å². The zero-order valence-corrected chi connectivity index (χ0v) is 51.5. The van der Waals surface area contributed by atoms with Gasteiger partial charge in [-0.15, -0.1) is 12.4 Å². The van der Waals surface area contributed by atoms with Gasteiger partial charge in [0.05, 0.1) is 38.1 Å². The Balaban J connectivity index is 0.000000164. The molecule has 4 saturated heterocycles. The minimum atomic E-state index is -0.935. The first-order valence-electron chi connectivity index (χ1n) is 27.4. The number of anilines is 1. The first-order chi connectivity index (χ1) is 37.9. The molecule has 6 aliphatic rings. The number of aromatic nitrogens is 6. The van der Waals surface area contributed by atoms with E-state index in [-0.39, 0.29) is 53.4 Å². The molecule has 6 aromatic rings. The summed E-state index contributed by atoms with van der Waals surface area (Å²) in [5.74, 6) is 0.456. The summed E-state index contributed by atoms with van der Waals surface area (Å²) in [4.78, 5) is 31.1. The van der Waals surface area contributed by atoms with Crippen molar-refractivity contribution in [1.82, 2.24) is 34.5 Å². The van der Waals surface area contributed by atoms with Crippen molar-refractivity contribution in [3.8, 4) is 0 Å². The van der Waals surface area contributed by atoms with Gasteiger partial charge < -0.3 is 55.3 Å². The molecule has 6 fully saturated rings. The second-order valence-electron chi connectivity index (χ2n) is 22.6. The number of nitrogens with one attached hydrogen (secondary N) is 2. The van der Waals surface area contributed by atoms with Crippen LogP contribution in [0.1, 0.15) is 127 Å². The van der Waals surface area contributed by atoms with Gasteiger partial charge in [-0.05, 0) is 182 Å². The maximum Gasteiger partial charge on any atom is 0.494 e. The van der Waals surface area contributed by atoms with Gasteiger partial charge in [0.15, 0.2) is 21.6 Å². The van der Waals surface area contributed by atoms with Gasteiger partial charge in [0.25, 0.3) is 5.91 Å². The highest BCUT2D eigenvalue weighted by Gasteiger charge is 2.52. The van der Waals surface area contributed by atoms with Crippen LogP contribution in [0.5, 0.6) is 0 Å². The fourth-order valence-corrected chi connectivity index (χ4v) is 9.19. The maximum atomic E-state index is 12.0. The van der Waals surface area contributed by atoms with Gasteiger partial charge in [-0.2, -0.15) is 10.2 Å². The average Bonchev–Trinajstić information content (AvgIpc) is 4.31. The third-order valence-corrected chi connectivity index (χ3v) is 16.1. The van der Waals surface area contributed by atoms with E-state index in [2.05, 4.69) is 46.7 Å². The SMILES string of the molecule is CC1(C)OB(c2ccc(C(=O)NC3CC3)cc2)OC1(C)C.CC1(C)OB(c2ccc(C(=O)O)cc2)OC1(C)C.Cl.Clc1cc(Br)c2nccn2n1.Clc1cc(NCC2CCOCC2)c2nccn2n1.NC1CC1.NCC1CCOCC1. The molecule has 19 nitrogen and oxygen atoms in total. The van der Waals surface area contributed by atoms with E-state index in [1.165, 1.54) is 12.8 Å². The lowest BCUT2D eigenvalue weighted by Gasteiger charge is -2.32. The Labute approximate surface area is 500 Å². The first-order valence-corrected chi connectivity index (χ1v) is 28.9. The van der Waals surface area contributed by atoms with E-state index in [9.17, 15) is 9.59 Å². The third-order valence-electron chi connectivity index (χ3n) is 15.1. The lowest BCUT2D eigenvalue weighted by atomic mass is 9.79. The Morgan fingerprint density at radius 2 is 1.09 bits per heavy atom. The van der Waals surface area contributed by atoms with Crippen LogP contribution < -0.4 is 33.0 Å². The number of hydrogen-bond acceptors (Lipinski definition) is 15. The fourth-order valence-electron chi connectivity index (χ4n) is 8.18. The fraction of sp³-hybridized carbons (Fsp3) is 0.536. The molecule has 0 spiro atoms. The number of aromatic carboxylic acids is 1. The van der Waals surface area contributed by atoms with Crippen molar-refractivity contribution < 1.29 is 42.8 Å². The van der Waals surface area contributed by atoms with Crippen LogP contribution in [0.2, 0.25) is 10.3 Å². The number of carboxylic acid groups (broad SMARTS) is 1. The number of nitrogens with zero attached hydrogens (tertiary/aromatic N) is 6. The quantitative estimate of drug-likeness (QED) is 0.0849. The minimum absolute atomic E-state index is 0. The Bertz CT molecular complexity index is 2920. The number of fused-ring (bicyclic) bond motifs is 2. The summed E-state index contributed by atoms with van der Waals surface area (Å²) in [6.45, 7) is 21.4. The molecule has 0 radical (unpaired) electrons. The normalized spacial score (nSPS) is 19.6. The molecule has 7 N–H and O–H groups in total. The van der Waals surface area contributed by atoms with Crippen molar-refractivity contribution in [2.24, 2.45) is 23.3 Å². The first kappa shape index (κ1) is 65.7. The molecule has 440 valence electrons. The monoisotopic (exact) mass is 1240 g/mol. The number of rotatable bonds is 9. The molecule has 4 aromatic heterocycles. The summed E-state index contributed by atoms with van der Waals surface area (Å²) in [6, 6.07) is 18.5. The van der Waals surface area contributed by atoms with Crippen molar-refractivity contribution in [2.45, 2.75) is 141 Å². The number of ether oxygens (including phenoxy) is 2. The molecule has 81 heavy (non-hydrogen) atoms. The highest BCUT2D eigenvalue weighted by Crippen LogP contribution is 2.38. The molecule has 0 bridgehead atoms. The van der Waals surface area contributed by atoms with Crippen molar-refractivity contribution in [3.05, 3.63) is 111 Å². The van der Waals surface area contributed by atoms with Gasteiger partial charge >= 0.3 is 20.2 Å². The largest absolute Gasteiger partial charge is 0.494 e. The van der Waals surface area contributed by atoms with Crippen LogP contribution in [-0.2, 0) is 28.1 Å². The van der Waals surface area contributed by atoms with Crippen LogP contribution in [0.3, 0.4) is 0 Å². The number of imidazole rings is 2. The molecule has 25 heteroatoms. The molecule has 2 aromatic carbocycles. The predicted octanol–water partition coefficient (Wildman–Crippen LogP) is 8.83. The second-order valence-corrected chi connectivity index (χ2v) is 24.3. The molecule has 8 heterocycles. The number of nitrogens with two attached hydrogens (primary N) is 2. The highest BCUT2D eigenvalue weighted by molar-refractivity contribution is 9.10. The molecule has 0 unspecified atom stereocenters. The summed E-state index contributed by atoms with van der Waals surface area (Å²) in [5, 5.41) is 24.3. The Morgan fingerprint density at radius 3 is 1.51 bits per heavy atom. The van der Waals surface area contributed by atoms with Gasteiger partial charge in [-0.1, -0.05) is 47.5 Å². The van der Waals surface area contributed by atoms with Crippen molar-refractivity contribution >= 4 is 106 Å². The van der Waals surface area contributed by atoms with E-state index in [1.807, 2.05) is 85.7 Å². The molecule has 2 aliphatic carbocycles. The van der Waals surface area contributed by atoms with Crippen LogP contribution in [-0.4, -0.2) is 134 Å². The van der Waals surface area contributed by atoms with E-state index in [0.717, 1.165) is 116 Å². The summed E-state index contributed by atoms with van der Waals surface area (Å²) in [6.07, 6.45) is 16.2. The average molecular weight is 1240 g/mol. The smallest absolute Gasteiger partial charge is 0.478 e. The summed E-state index contributed by atoms with van der Waals surface area (Å²) >= 11 is 15.0. The van der Waals surface area contributed by atoms with Crippen LogP contribution in [0.4, 0.5) is 5.69 Å². The number of hydrogen-bond donors (Lipinski definition) is 5. The highest BCUT2D eigenvalue weighted by atomic mass is 79.9. The molecular weight excluding hydrogens is 1160 g/mol. The lowest BCUT2D eigenvalue weighted by molar-refractivity contribution is 0.00578. The summed E-state index contributed by atoms with van der Waals surface area (Å²) in [5.41, 5.74) is 14.4. The third kappa shape index (κ3) is 19.0. The van der Waals surface area contributed by atoms with E-state index < -0.39 is 13.1 Å². The Kier molecular flexibility index (Phi) is 23.9. The summed E-state index contributed by atoms with van der Waals surface area (Å²) in [7, 11) is -0.826. The van der Waals surface area contributed by atoms with Crippen molar-refractivity contribution in [3.63, 3.8) is 0 Å². The zero-order chi connectivity index (χ0) is 57.8. The molecule has 1 amide bonds. The van der Waals surface area contributed by atoms with Crippen LogP contribution in [0, 0.1) is 11.8 Å². The predicted molar refractivity (Wildman–Crippen MR) is 325 cm³/mol. The maximum absolute atomic E-state index is 12.0. The van der Waals surface area contributed by atoms with Gasteiger partial charge in [0.2, 0.25) is 0 Å². The molecular formula is C56H78B2BrCl3N10O9. The topological polar surface area (TPSA) is 246 Å². The second kappa shape index (κ2) is 29.4. The number of amides is 1.